The fraction of sp³-hybridized carbons (Fsp3) is 0.652. The number of hydrogen-bond donors (Lipinski definition) is 3. The minimum atomic E-state index is -4.03. The van der Waals surface area contributed by atoms with Crippen molar-refractivity contribution in [3.05, 3.63) is 49.1 Å². The third-order valence-corrected chi connectivity index (χ3v) is 14.6. The molecule has 2 heterocycles. The largest absolute Gasteiger partial charge is 0.459 e. The highest BCUT2D eigenvalue weighted by Crippen LogP contribution is 2.58. The molecule has 1 saturated heterocycles. The van der Waals surface area contributed by atoms with Gasteiger partial charge in [0, 0.05) is 25.4 Å². The number of imidazole rings is 1. The van der Waals surface area contributed by atoms with E-state index in [2.05, 4.69) is 28.5 Å². The van der Waals surface area contributed by atoms with Crippen LogP contribution in [-0.4, -0.2) is 94.1 Å². The number of likely N-dealkylation sites (tertiary alicyclic amines) is 1. The summed E-state index contributed by atoms with van der Waals surface area (Å²) in [7, 11) is -4.03. The van der Waals surface area contributed by atoms with Gasteiger partial charge in [-0.05, 0) is 103 Å². The molecule has 0 spiro atoms. The van der Waals surface area contributed by atoms with Crippen LogP contribution in [0.5, 0.6) is 6.01 Å². The predicted octanol–water partition coefficient (Wildman–Crippen LogP) is 6.92. The summed E-state index contributed by atoms with van der Waals surface area (Å²) in [5, 5.41) is 5.64. The van der Waals surface area contributed by atoms with E-state index in [0.29, 0.717) is 74.5 Å². The van der Waals surface area contributed by atoms with Gasteiger partial charge in [-0.25, -0.2) is 13.2 Å². The lowest BCUT2D eigenvalue weighted by molar-refractivity contribution is -0.142. The Kier molecular flexibility index (Phi) is 14.4. The highest BCUT2D eigenvalue weighted by Gasteiger charge is 2.63. The van der Waals surface area contributed by atoms with E-state index in [0.717, 1.165) is 0 Å². The Morgan fingerprint density at radius 3 is 2.27 bits per heavy atom. The van der Waals surface area contributed by atoms with Crippen LogP contribution < -0.4 is 20.1 Å². The van der Waals surface area contributed by atoms with E-state index in [1.54, 1.807) is 65.8 Å². The molecule has 16 heteroatoms. The van der Waals surface area contributed by atoms with Crippen molar-refractivity contribution >= 4 is 50.7 Å². The fourth-order valence-corrected chi connectivity index (χ4v) is 10.4. The number of allylic oxidation sites excluding steroid dienone is 1. The van der Waals surface area contributed by atoms with Gasteiger partial charge in [-0.2, -0.15) is 4.98 Å². The van der Waals surface area contributed by atoms with Crippen LogP contribution in [0.2, 0.25) is 0 Å². The Hall–Kier alpha value is -4.73. The van der Waals surface area contributed by atoms with Gasteiger partial charge in [-0.3, -0.25) is 28.5 Å². The van der Waals surface area contributed by atoms with E-state index in [9.17, 15) is 32.4 Å². The number of Topliss-reactive ketones (excluding diaryl/α,β-unsaturated/α-hetero) is 1. The average Bonchev–Trinajstić information content (AvgIpc) is 4.03. The first kappa shape index (κ1) is 48.3. The summed E-state index contributed by atoms with van der Waals surface area (Å²) in [6.45, 7) is 24.1. The van der Waals surface area contributed by atoms with Crippen LogP contribution >= 0.6 is 0 Å². The van der Waals surface area contributed by atoms with E-state index in [-0.39, 0.29) is 43.3 Å². The summed E-state index contributed by atoms with van der Waals surface area (Å²) in [5.74, 6) is -2.18. The number of carbonyl (C=O) groups is 5. The molecule has 1 aromatic carbocycles. The molecule has 2 saturated carbocycles. The Morgan fingerprint density at radius 1 is 1.03 bits per heavy atom. The van der Waals surface area contributed by atoms with E-state index in [4.69, 9.17) is 14.5 Å². The number of ether oxygens (including phenoxy) is 2. The zero-order valence-electron chi connectivity index (χ0n) is 38.1. The number of para-hydroxylation sites is 1. The maximum Gasteiger partial charge on any atom is 0.408 e. The van der Waals surface area contributed by atoms with Gasteiger partial charge in [0.25, 0.3) is 11.9 Å². The second-order valence-electron chi connectivity index (χ2n) is 19.7. The molecule has 3 fully saturated rings. The van der Waals surface area contributed by atoms with Crippen molar-refractivity contribution in [2.45, 2.75) is 161 Å². The summed E-state index contributed by atoms with van der Waals surface area (Å²) < 4.78 is 42.8. The van der Waals surface area contributed by atoms with Crippen LogP contribution in [0.25, 0.3) is 11.0 Å². The van der Waals surface area contributed by atoms with Gasteiger partial charge in [0.05, 0.1) is 33.8 Å². The molecule has 0 bridgehead atoms. The SMILES string of the molecule is C=CCCCC1(S(=O)(=O)NC(=O)[C@@]2(CC(=O)[C@@H]3C[C@@H](Oc4nc5c(C(=O)NCCC=C)cccc5n4C(C)C)CN3C(=O)[C@@H](NC(=O)OC(C)(C)C)C(C)(C)C)C[C@H]2CC)CC1. The highest BCUT2D eigenvalue weighted by atomic mass is 32.2. The van der Waals surface area contributed by atoms with Gasteiger partial charge in [0.15, 0.2) is 5.78 Å². The molecule has 342 valence electrons. The van der Waals surface area contributed by atoms with Gasteiger partial charge in [-0.15, -0.1) is 13.2 Å². The van der Waals surface area contributed by atoms with Gasteiger partial charge in [0.2, 0.25) is 21.8 Å². The standard InChI is InChI=1S/C46H68N6O9S/c1-12-15-17-21-45(22-23-45)62(58,59)50-40(56)46(26-30(46)14-3)27-35(53)34-25-31(28-51(34)39(55)37(43(6,7)8)49-42(57)61-44(9,10)11)60-41-48-36-32(38(54)47-24-16-13-2)19-18-20-33(36)52(41)29(4)5/h12-13,18-20,29-31,34,37H,1-2,14-17,21-28H2,3-11H3,(H,47,54)(H,49,57)(H,50,56)/t30-,31-,34+,37-,46-/m1/s1. The van der Waals surface area contributed by atoms with Crippen LogP contribution in [0.4, 0.5) is 4.79 Å². The van der Waals surface area contributed by atoms with Crippen molar-refractivity contribution < 1.29 is 41.9 Å². The lowest BCUT2D eigenvalue weighted by Crippen LogP contribution is -2.57. The molecule has 62 heavy (non-hydrogen) atoms. The molecule has 3 aliphatic rings. The summed E-state index contributed by atoms with van der Waals surface area (Å²) in [4.78, 5) is 76.4. The number of ketones is 1. The van der Waals surface area contributed by atoms with Crippen molar-refractivity contribution in [1.29, 1.82) is 0 Å². The summed E-state index contributed by atoms with van der Waals surface area (Å²) in [5.41, 5.74) is -1.50. The van der Waals surface area contributed by atoms with Crippen molar-refractivity contribution in [2.24, 2.45) is 16.7 Å². The first-order chi connectivity index (χ1) is 28.9. The number of hydrogen-bond acceptors (Lipinski definition) is 10. The third-order valence-electron chi connectivity index (χ3n) is 12.4. The minimum Gasteiger partial charge on any atom is -0.459 e. The van der Waals surface area contributed by atoms with Crippen molar-refractivity contribution in [3.8, 4) is 6.01 Å². The predicted molar refractivity (Wildman–Crippen MR) is 238 cm³/mol. The second-order valence-corrected chi connectivity index (χ2v) is 21.8. The molecule has 2 aliphatic carbocycles. The van der Waals surface area contributed by atoms with Crippen LogP contribution in [0, 0.1) is 16.7 Å². The zero-order valence-corrected chi connectivity index (χ0v) is 38.9. The molecule has 0 radical (unpaired) electrons. The zero-order chi connectivity index (χ0) is 46.0. The van der Waals surface area contributed by atoms with E-state index >= 15 is 0 Å². The minimum absolute atomic E-state index is 0.0310. The summed E-state index contributed by atoms with van der Waals surface area (Å²) >= 11 is 0. The lowest BCUT2D eigenvalue weighted by atomic mass is 9.85. The van der Waals surface area contributed by atoms with Gasteiger partial charge < -0.3 is 25.0 Å². The molecular formula is C46H68N6O9S. The molecule has 15 nitrogen and oxygen atoms in total. The van der Waals surface area contributed by atoms with Crippen LogP contribution in [-0.2, 0) is 29.1 Å². The van der Waals surface area contributed by atoms with Gasteiger partial charge >= 0.3 is 6.09 Å². The highest BCUT2D eigenvalue weighted by molar-refractivity contribution is 7.91. The molecular weight excluding hydrogens is 813 g/mol. The number of carbonyl (C=O) groups excluding carboxylic acids is 5. The smallest absolute Gasteiger partial charge is 0.408 e. The average molecular weight is 881 g/mol. The molecule has 4 amide bonds. The van der Waals surface area contributed by atoms with Crippen LogP contribution in [0.1, 0.15) is 143 Å². The lowest BCUT2D eigenvalue weighted by Gasteiger charge is -2.36. The van der Waals surface area contributed by atoms with Crippen molar-refractivity contribution in [3.63, 3.8) is 0 Å². The van der Waals surface area contributed by atoms with Gasteiger partial charge in [-0.1, -0.05) is 52.3 Å². The topological polar surface area (TPSA) is 195 Å². The molecule has 5 atom stereocenters. The van der Waals surface area contributed by atoms with E-state index in [1.165, 1.54) is 4.90 Å². The fourth-order valence-electron chi connectivity index (χ4n) is 8.68. The molecule has 0 unspecified atom stereocenters. The third kappa shape index (κ3) is 10.5. The summed E-state index contributed by atoms with van der Waals surface area (Å²) in [6, 6.07) is 3.12. The van der Waals surface area contributed by atoms with E-state index in [1.807, 2.05) is 31.4 Å². The first-order valence-corrected chi connectivity index (χ1v) is 23.5. The number of nitrogens with one attached hydrogen (secondary N) is 3. The summed E-state index contributed by atoms with van der Waals surface area (Å²) in [6.07, 6.45) is 5.72. The Morgan fingerprint density at radius 2 is 1.71 bits per heavy atom. The Labute approximate surface area is 367 Å². The van der Waals surface area contributed by atoms with Crippen LogP contribution in [0.15, 0.2) is 43.5 Å². The monoisotopic (exact) mass is 880 g/mol. The number of nitrogens with zero attached hydrogens (tertiary/aromatic N) is 3. The van der Waals surface area contributed by atoms with E-state index < -0.39 is 73.1 Å². The first-order valence-electron chi connectivity index (χ1n) is 22.0. The quantitative estimate of drug-likeness (QED) is 0.0928. The molecule has 1 aromatic heterocycles. The number of benzene rings is 1. The molecule has 3 N–H and O–H groups in total. The normalized spacial score (nSPS) is 22.4. The number of rotatable bonds is 20. The number of unbranched alkanes of at least 4 members (excludes halogenated alkanes) is 1. The number of amides is 4. The number of alkyl carbamates (subject to hydrolysis) is 1. The van der Waals surface area contributed by atoms with Crippen LogP contribution in [0.3, 0.4) is 0 Å². The molecule has 1 aliphatic heterocycles. The Bertz CT molecular complexity index is 2160. The second kappa shape index (κ2) is 18.5. The van der Waals surface area contributed by atoms with Gasteiger partial charge in [0.1, 0.15) is 23.3 Å². The molecule has 5 rings (SSSR count). The maximum absolute atomic E-state index is 14.8. The molecule has 2 aromatic rings. The maximum atomic E-state index is 14.8. The number of sulfonamides is 1. The Balaban J connectivity index is 1.48. The van der Waals surface area contributed by atoms with Crippen molar-refractivity contribution in [2.75, 3.05) is 13.1 Å². The number of fused-ring (bicyclic) bond motifs is 1. The number of aromatic nitrogens is 2. The van der Waals surface area contributed by atoms with Crippen molar-refractivity contribution in [1.82, 2.24) is 29.8 Å².